The zero-order valence-corrected chi connectivity index (χ0v) is 11.8. The largest absolute Gasteiger partial charge is 4.00 e. The molecule has 0 aliphatic carbocycles. The standard InChI is InChI=1S/C11H9.3CH3.Pt/c1-2-6-10(7-3-1)11-8-4-5-9-11;;;;/h1-9H;3*1H3;/q4*-1;+4. The van der Waals surface area contributed by atoms with Crippen LogP contribution in [0.1, 0.15) is 0 Å². The summed E-state index contributed by atoms with van der Waals surface area (Å²) in [6.45, 7) is 0. The fraction of sp³-hybridized carbons (Fsp3) is 0. The van der Waals surface area contributed by atoms with Crippen molar-refractivity contribution in [2.24, 2.45) is 0 Å². The molecular weight excluding hydrogens is 363 g/mol. The second-order valence-corrected chi connectivity index (χ2v) is 2.54. The van der Waals surface area contributed by atoms with Crippen LogP contribution in [-0.4, -0.2) is 0 Å². The van der Waals surface area contributed by atoms with Crippen LogP contribution in [0.2, 0.25) is 0 Å². The van der Waals surface area contributed by atoms with Crippen LogP contribution in [0.3, 0.4) is 0 Å². The normalized spacial score (nSPS) is 7.20. The summed E-state index contributed by atoms with van der Waals surface area (Å²) in [5, 5.41) is 0. The summed E-state index contributed by atoms with van der Waals surface area (Å²) in [7, 11) is 0. The molecule has 84 valence electrons. The third-order valence-electron chi connectivity index (χ3n) is 1.77. The molecule has 0 nitrogen and oxygen atoms in total. The van der Waals surface area contributed by atoms with Gasteiger partial charge in [0.25, 0.3) is 0 Å². The fourth-order valence-corrected chi connectivity index (χ4v) is 1.20. The molecule has 0 unspecified atom stereocenters. The maximum absolute atomic E-state index is 2.12. The molecule has 0 atom stereocenters. The smallest absolute Gasteiger partial charge is 0.358 e. The van der Waals surface area contributed by atoms with Crippen LogP contribution in [0.4, 0.5) is 0 Å². The quantitative estimate of drug-likeness (QED) is 0.642. The van der Waals surface area contributed by atoms with E-state index in [9.17, 15) is 0 Å². The van der Waals surface area contributed by atoms with Crippen molar-refractivity contribution in [2.75, 3.05) is 0 Å². The summed E-state index contributed by atoms with van der Waals surface area (Å²) in [5.41, 5.74) is 2.59. The van der Waals surface area contributed by atoms with Crippen LogP contribution in [0.25, 0.3) is 11.1 Å². The van der Waals surface area contributed by atoms with Crippen molar-refractivity contribution in [3.05, 3.63) is 76.9 Å². The van der Waals surface area contributed by atoms with E-state index in [4.69, 9.17) is 0 Å². The minimum atomic E-state index is 0. The molecule has 0 radical (unpaired) electrons. The molecule has 0 N–H and O–H groups in total. The average Bonchev–Trinajstić information content (AvgIpc) is 2.58. The van der Waals surface area contributed by atoms with E-state index in [1.807, 2.05) is 6.07 Å². The summed E-state index contributed by atoms with van der Waals surface area (Å²) in [4.78, 5) is 0. The van der Waals surface area contributed by atoms with Crippen molar-refractivity contribution in [1.29, 1.82) is 0 Å². The van der Waals surface area contributed by atoms with Crippen LogP contribution >= 0.6 is 0 Å². The van der Waals surface area contributed by atoms with Crippen molar-refractivity contribution in [3.8, 4) is 11.1 Å². The van der Waals surface area contributed by atoms with Gasteiger partial charge in [0.15, 0.2) is 0 Å². The van der Waals surface area contributed by atoms with Crippen LogP contribution in [0, 0.1) is 22.3 Å². The molecule has 0 bridgehead atoms. The molecule has 2 rings (SSSR count). The molecule has 2 aromatic rings. The van der Waals surface area contributed by atoms with E-state index < -0.39 is 0 Å². The molecule has 0 aromatic heterocycles. The molecule has 0 heterocycles. The van der Waals surface area contributed by atoms with Crippen LogP contribution in [-0.2, 0) is 21.1 Å². The third kappa shape index (κ3) is 5.04. The topological polar surface area (TPSA) is 0 Å². The van der Waals surface area contributed by atoms with E-state index >= 15 is 0 Å². The molecular formula is C14H18Pt. The molecule has 0 spiro atoms. The van der Waals surface area contributed by atoms with E-state index in [0.29, 0.717) is 0 Å². The molecule has 2 aromatic carbocycles. The summed E-state index contributed by atoms with van der Waals surface area (Å²) < 4.78 is 0. The number of benzene rings is 1. The average molecular weight is 381 g/mol. The van der Waals surface area contributed by atoms with Gasteiger partial charge < -0.3 is 22.3 Å². The van der Waals surface area contributed by atoms with Crippen LogP contribution in [0.15, 0.2) is 54.6 Å². The van der Waals surface area contributed by atoms with E-state index in [2.05, 4.69) is 48.5 Å². The van der Waals surface area contributed by atoms with E-state index in [0.717, 1.165) is 0 Å². The molecule has 0 amide bonds. The van der Waals surface area contributed by atoms with E-state index in [1.54, 1.807) is 0 Å². The van der Waals surface area contributed by atoms with Gasteiger partial charge in [-0.2, -0.15) is 12.1 Å². The monoisotopic (exact) mass is 381 g/mol. The molecule has 0 aliphatic heterocycles. The first kappa shape index (κ1) is 19.8. The number of hydrogen-bond donors (Lipinski definition) is 0. The molecule has 0 aliphatic rings. The summed E-state index contributed by atoms with van der Waals surface area (Å²) in [5.74, 6) is 0. The van der Waals surface area contributed by atoms with E-state index in [1.165, 1.54) is 11.1 Å². The number of hydrogen-bond acceptors (Lipinski definition) is 0. The first-order valence-electron chi connectivity index (χ1n) is 3.74. The SMILES string of the molecule is [CH3-].[CH3-].[CH3-].[Pt+4].c1ccc(-[c-]2cccc2)cc1. The van der Waals surface area contributed by atoms with Gasteiger partial charge in [0.05, 0.1) is 0 Å². The van der Waals surface area contributed by atoms with Crippen LogP contribution < -0.4 is 0 Å². The zero-order valence-electron chi connectivity index (χ0n) is 9.51. The van der Waals surface area contributed by atoms with Gasteiger partial charge in [-0.15, -0.1) is 29.8 Å². The Labute approximate surface area is 109 Å². The predicted molar refractivity (Wildman–Crippen MR) is 66.7 cm³/mol. The van der Waals surface area contributed by atoms with Gasteiger partial charge in [0.1, 0.15) is 0 Å². The van der Waals surface area contributed by atoms with Crippen molar-refractivity contribution in [2.45, 2.75) is 0 Å². The van der Waals surface area contributed by atoms with Gasteiger partial charge in [-0.1, -0.05) is 23.8 Å². The Bertz CT molecular complexity index is 308. The maximum Gasteiger partial charge on any atom is 4.00 e. The van der Waals surface area contributed by atoms with Gasteiger partial charge in [0.2, 0.25) is 0 Å². The van der Waals surface area contributed by atoms with Crippen molar-refractivity contribution >= 4 is 0 Å². The molecule has 15 heavy (non-hydrogen) atoms. The Morgan fingerprint density at radius 3 is 1.60 bits per heavy atom. The minimum absolute atomic E-state index is 0. The maximum atomic E-state index is 2.12. The Balaban J connectivity index is -0.000000360. The van der Waals surface area contributed by atoms with Gasteiger partial charge in [-0.05, 0) is 0 Å². The summed E-state index contributed by atoms with van der Waals surface area (Å²) in [6, 6.07) is 18.7. The predicted octanol–water partition coefficient (Wildman–Crippen LogP) is 4.42. The molecule has 0 saturated heterocycles. The second kappa shape index (κ2) is 9.80. The van der Waals surface area contributed by atoms with Crippen molar-refractivity contribution < 1.29 is 21.1 Å². The van der Waals surface area contributed by atoms with Gasteiger partial charge in [-0.3, -0.25) is 0 Å². The fourth-order valence-electron chi connectivity index (χ4n) is 1.20. The Morgan fingerprint density at radius 1 is 0.667 bits per heavy atom. The van der Waals surface area contributed by atoms with Gasteiger partial charge in [0, 0.05) is 0 Å². The third-order valence-corrected chi connectivity index (χ3v) is 1.77. The second-order valence-electron chi connectivity index (χ2n) is 2.54. The molecule has 1 heteroatoms. The Kier molecular flexibility index (Phi) is 12.9. The number of rotatable bonds is 1. The van der Waals surface area contributed by atoms with Gasteiger partial charge in [-0.25, -0.2) is 0 Å². The molecule has 0 saturated carbocycles. The Hall–Kier alpha value is -0.742. The Morgan fingerprint density at radius 2 is 1.13 bits per heavy atom. The van der Waals surface area contributed by atoms with E-state index in [-0.39, 0.29) is 43.3 Å². The molecule has 0 fully saturated rings. The van der Waals surface area contributed by atoms with Crippen LogP contribution in [0.5, 0.6) is 0 Å². The first-order chi connectivity index (χ1) is 5.47. The zero-order chi connectivity index (χ0) is 7.52. The summed E-state index contributed by atoms with van der Waals surface area (Å²) >= 11 is 0. The first-order valence-corrected chi connectivity index (χ1v) is 3.74. The van der Waals surface area contributed by atoms with Crippen molar-refractivity contribution in [3.63, 3.8) is 0 Å². The van der Waals surface area contributed by atoms with Gasteiger partial charge >= 0.3 is 21.1 Å². The summed E-state index contributed by atoms with van der Waals surface area (Å²) in [6.07, 6.45) is 0. The minimum Gasteiger partial charge on any atom is -0.358 e. The van der Waals surface area contributed by atoms with Crippen molar-refractivity contribution in [1.82, 2.24) is 0 Å².